The summed E-state index contributed by atoms with van der Waals surface area (Å²) >= 11 is 5.26. The van der Waals surface area contributed by atoms with E-state index in [9.17, 15) is 8.78 Å². The minimum absolute atomic E-state index is 0.0223. The SMILES string of the molecule is CC(C)(C)C(Cn1cccn1)NC(=S)Nc1ccc(F)cc1F. The van der Waals surface area contributed by atoms with E-state index in [1.54, 1.807) is 6.20 Å². The molecule has 0 radical (unpaired) electrons. The van der Waals surface area contributed by atoms with E-state index in [2.05, 4.69) is 36.5 Å². The van der Waals surface area contributed by atoms with E-state index in [1.807, 2.05) is 16.9 Å². The predicted octanol–water partition coefficient (Wildman–Crippen LogP) is 3.56. The van der Waals surface area contributed by atoms with Gasteiger partial charge in [0.15, 0.2) is 5.11 Å². The normalized spacial score (nSPS) is 12.7. The van der Waals surface area contributed by atoms with Crippen molar-refractivity contribution in [1.29, 1.82) is 0 Å². The first-order valence-corrected chi connectivity index (χ1v) is 7.66. The van der Waals surface area contributed by atoms with Crippen LogP contribution in [0.25, 0.3) is 0 Å². The molecule has 0 amide bonds. The average Bonchev–Trinajstić information content (AvgIpc) is 2.93. The molecule has 0 spiro atoms. The molecule has 1 atom stereocenters. The number of nitrogens with zero attached hydrogens (tertiary/aromatic N) is 2. The number of hydrogen-bond acceptors (Lipinski definition) is 2. The largest absolute Gasteiger partial charge is 0.357 e. The number of rotatable bonds is 4. The second kappa shape index (κ2) is 7.04. The number of benzene rings is 1. The van der Waals surface area contributed by atoms with E-state index >= 15 is 0 Å². The van der Waals surface area contributed by atoms with Crippen molar-refractivity contribution in [3.63, 3.8) is 0 Å². The first-order valence-electron chi connectivity index (χ1n) is 7.26. The molecule has 0 aliphatic rings. The molecule has 1 aromatic carbocycles. The maximum Gasteiger partial charge on any atom is 0.171 e. The summed E-state index contributed by atoms with van der Waals surface area (Å²) in [5.41, 5.74) is 0.0367. The number of anilines is 1. The summed E-state index contributed by atoms with van der Waals surface area (Å²) in [6, 6.07) is 5.14. The lowest BCUT2D eigenvalue weighted by Gasteiger charge is -2.32. The Morgan fingerprint density at radius 2 is 2.09 bits per heavy atom. The molecule has 23 heavy (non-hydrogen) atoms. The van der Waals surface area contributed by atoms with Crippen LogP contribution < -0.4 is 10.6 Å². The summed E-state index contributed by atoms with van der Waals surface area (Å²) in [6.45, 7) is 6.85. The summed E-state index contributed by atoms with van der Waals surface area (Å²) in [4.78, 5) is 0. The molecule has 124 valence electrons. The van der Waals surface area contributed by atoms with E-state index in [0.717, 1.165) is 6.07 Å². The predicted molar refractivity (Wildman–Crippen MR) is 91.2 cm³/mol. The average molecular weight is 338 g/mol. The van der Waals surface area contributed by atoms with E-state index in [1.165, 1.54) is 12.1 Å². The standard InChI is InChI=1S/C16H20F2N4S/c1-16(2,3)14(10-22-8-4-7-19-22)21-15(23)20-13-6-5-11(17)9-12(13)18/h4-9,14H,10H2,1-3H3,(H2,20,21,23). The van der Waals surface area contributed by atoms with Crippen LogP contribution in [0.3, 0.4) is 0 Å². The third kappa shape index (κ3) is 4.99. The smallest absolute Gasteiger partial charge is 0.171 e. The summed E-state index contributed by atoms with van der Waals surface area (Å²) in [5, 5.41) is 10.4. The van der Waals surface area contributed by atoms with Crippen LogP contribution in [-0.4, -0.2) is 20.9 Å². The fourth-order valence-corrected chi connectivity index (χ4v) is 2.29. The summed E-state index contributed by atoms with van der Waals surface area (Å²) < 4.78 is 28.4. The lowest BCUT2D eigenvalue weighted by molar-refractivity contribution is 0.262. The van der Waals surface area contributed by atoms with Crippen molar-refractivity contribution in [3.8, 4) is 0 Å². The van der Waals surface area contributed by atoms with Crippen LogP contribution in [0.5, 0.6) is 0 Å². The van der Waals surface area contributed by atoms with Gasteiger partial charge >= 0.3 is 0 Å². The Morgan fingerprint density at radius 1 is 1.35 bits per heavy atom. The van der Waals surface area contributed by atoms with Crippen molar-refractivity contribution >= 4 is 23.0 Å². The highest BCUT2D eigenvalue weighted by Crippen LogP contribution is 2.21. The van der Waals surface area contributed by atoms with Gasteiger partial charge in [0, 0.05) is 18.5 Å². The molecule has 7 heteroatoms. The lowest BCUT2D eigenvalue weighted by atomic mass is 9.87. The first-order chi connectivity index (χ1) is 10.8. The minimum atomic E-state index is -0.687. The van der Waals surface area contributed by atoms with Gasteiger partial charge in [0.05, 0.1) is 18.3 Å². The fourth-order valence-electron chi connectivity index (χ4n) is 2.04. The third-order valence-electron chi connectivity index (χ3n) is 3.46. The number of hydrogen-bond donors (Lipinski definition) is 2. The van der Waals surface area contributed by atoms with Crippen molar-refractivity contribution in [2.45, 2.75) is 33.4 Å². The summed E-state index contributed by atoms with van der Waals surface area (Å²) in [7, 11) is 0. The molecule has 0 aliphatic heterocycles. The highest BCUT2D eigenvalue weighted by atomic mass is 32.1. The number of thiocarbonyl (C=S) groups is 1. The zero-order valence-electron chi connectivity index (χ0n) is 13.3. The minimum Gasteiger partial charge on any atom is -0.357 e. The number of halogens is 2. The molecule has 0 saturated carbocycles. The van der Waals surface area contributed by atoms with Crippen molar-refractivity contribution in [2.75, 3.05) is 5.32 Å². The Labute approximate surface area is 139 Å². The highest BCUT2D eigenvalue weighted by molar-refractivity contribution is 7.80. The van der Waals surface area contributed by atoms with Gasteiger partial charge in [-0.1, -0.05) is 20.8 Å². The molecule has 1 heterocycles. The van der Waals surface area contributed by atoms with Crippen LogP contribution >= 0.6 is 12.2 Å². The van der Waals surface area contributed by atoms with Crippen molar-refractivity contribution in [1.82, 2.24) is 15.1 Å². The molecule has 4 nitrogen and oxygen atoms in total. The third-order valence-corrected chi connectivity index (χ3v) is 3.68. The van der Waals surface area contributed by atoms with E-state index in [0.29, 0.717) is 6.54 Å². The lowest BCUT2D eigenvalue weighted by Crippen LogP contribution is -2.48. The van der Waals surface area contributed by atoms with Crippen LogP contribution in [0.1, 0.15) is 20.8 Å². The number of nitrogens with one attached hydrogen (secondary N) is 2. The zero-order chi connectivity index (χ0) is 17.0. The van der Waals surface area contributed by atoms with Gasteiger partial charge in [0.2, 0.25) is 0 Å². The van der Waals surface area contributed by atoms with Crippen molar-refractivity contribution in [2.24, 2.45) is 5.41 Å². The second-order valence-electron chi connectivity index (χ2n) is 6.37. The number of aromatic nitrogens is 2. The van der Waals surface area contributed by atoms with Gasteiger partial charge in [0.1, 0.15) is 11.6 Å². The Bertz CT molecular complexity index is 665. The van der Waals surface area contributed by atoms with Crippen LogP contribution in [0.4, 0.5) is 14.5 Å². The fraction of sp³-hybridized carbons (Fsp3) is 0.375. The molecule has 2 N–H and O–H groups in total. The van der Waals surface area contributed by atoms with Gasteiger partial charge in [-0.2, -0.15) is 5.10 Å². The van der Waals surface area contributed by atoms with Gasteiger partial charge in [-0.3, -0.25) is 4.68 Å². The molecule has 0 aliphatic carbocycles. The Hall–Kier alpha value is -2.02. The van der Waals surface area contributed by atoms with Gasteiger partial charge in [-0.05, 0) is 35.8 Å². The summed E-state index contributed by atoms with van der Waals surface area (Å²) in [5.74, 6) is -1.31. The van der Waals surface area contributed by atoms with Gasteiger partial charge in [-0.15, -0.1) is 0 Å². The molecular weight excluding hydrogens is 318 g/mol. The Kier molecular flexibility index (Phi) is 5.30. The Morgan fingerprint density at radius 3 is 2.65 bits per heavy atom. The molecule has 1 unspecified atom stereocenters. The second-order valence-corrected chi connectivity index (χ2v) is 6.78. The maximum absolute atomic E-state index is 13.7. The van der Waals surface area contributed by atoms with E-state index in [-0.39, 0.29) is 22.3 Å². The van der Waals surface area contributed by atoms with Crippen molar-refractivity contribution < 1.29 is 8.78 Å². The molecular formula is C16H20F2N4S. The molecule has 0 bridgehead atoms. The van der Waals surface area contributed by atoms with Crippen molar-refractivity contribution in [3.05, 3.63) is 48.3 Å². The maximum atomic E-state index is 13.7. The van der Waals surface area contributed by atoms with E-state index < -0.39 is 11.6 Å². The molecule has 0 saturated heterocycles. The van der Waals surface area contributed by atoms with Gasteiger partial charge in [-0.25, -0.2) is 8.78 Å². The molecule has 1 aromatic heterocycles. The molecule has 2 rings (SSSR count). The topological polar surface area (TPSA) is 41.9 Å². The highest BCUT2D eigenvalue weighted by Gasteiger charge is 2.26. The van der Waals surface area contributed by atoms with Crippen LogP contribution in [0, 0.1) is 17.0 Å². The quantitative estimate of drug-likeness (QED) is 0.837. The zero-order valence-corrected chi connectivity index (χ0v) is 14.1. The summed E-state index contributed by atoms with van der Waals surface area (Å²) in [6.07, 6.45) is 3.58. The van der Waals surface area contributed by atoms with Gasteiger partial charge in [0.25, 0.3) is 0 Å². The van der Waals surface area contributed by atoms with Gasteiger partial charge < -0.3 is 10.6 Å². The molecule has 0 fully saturated rings. The van der Waals surface area contributed by atoms with Crippen LogP contribution in [0.15, 0.2) is 36.7 Å². The van der Waals surface area contributed by atoms with Crippen LogP contribution in [-0.2, 0) is 6.54 Å². The van der Waals surface area contributed by atoms with E-state index in [4.69, 9.17) is 12.2 Å². The Balaban J connectivity index is 2.05. The van der Waals surface area contributed by atoms with Crippen LogP contribution in [0.2, 0.25) is 0 Å². The molecule has 2 aromatic rings. The first kappa shape index (κ1) is 17.3. The monoisotopic (exact) mass is 338 g/mol.